The largest absolute Gasteiger partial charge is 0.392 e. The molecule has 1 amide bonds. The zero-order valence-corrected chi connectivity index (χ0v) is 10.8. The van der Waals surface area contributed by atoms with Gasteiger partial charge in [-0.3, -0.25) is 9.89 Å². The van der Waals surface area contributed by atoms with Crippen LogP contribution in [-0.2, 0) is 11.2 Å². The van der Waals surface area contributed by atoms with Crippen molar-refractivity contribution in [1.29, 1.82) is 0 Å². The summed E-state index contributed by atoms with van der Waals surface area (Å²) in [5.41, 5.74) is 4.70. The number of amides is 1. The third kappa shape index (κ3) is 3.77. The number of carbonyl (C=O) groups is 1. The third-order valence-electron chi connectivity index (χ3n) is 2.52. The molecule has 0 saturated carbocycles. The first-order chi connectivity index (χ1) is 7.94. The van der Waals surface area contributed by atoms with Crippen molar-refractivity contribution in [3.05, 3.63) is 12.2 Å². The van der Waals surface area contributed by atoms with Gasteiger partial charge in [-0.25, -0.2) is 4.98 Å². The van der Waals surface area contributed by atoms with Crippen LogP contribution in [0.1, 0.15) is 26.1 Å². The summed E-state index contributed by atoms with van der Waals surface area (Å²) in [7, 11) is 0. The van der Waals surface area contributed by atoms with Crippen LogP contribution in [0.4, 0.5) is 0 Å². The number of hydrogen-bond acceptors (Lipinski definition) is 4. The van der Waals surface area contributed by atoms with Gasteiger partial charge in [0.25, 0.3) is 0 Å². The van der Waals surface area contributed by atoms with E-state index in [1.54, 1.807) is 13.8 Å². The number of nitrogens with one attached hydrogen (secondary N) is 2. The Kier molecular flexibility index (Phi) is 4.56. The number of rotatable bonds is 6. The first-order valence-corrected chi connectivity index (χ1v) is 5.78. The summed E-state index contributed by atoms with van der Waals surface area (Å²) in [6.45, 7) is 3.98. The first-order valence-electron chi connectivity index (χ1n) is 5.37. The van der Waals surface area contributed by atoms with Crippen LogP contribution >= 0.6 is 12.2 Å². The highest BCUT2D eigenvalue weighted by atomic mass is 32.1. The number of hydrogen-bond donors (Lipinski definition) is 3. The summed E-state index contributed by atoms with van der Waals surface area (Å²) in [4.78, 5) is 15.9. The van der Waals surface area contributed by atoms with Crippen molar-refractivity contribution in [3.63, 3.8) is 0 Å². The highest BCUT2D eigenvalue weighted by Gasteiger charge is 2.30. The van der Waals surface area contributed by atoms with Crippen molar-refractivity contribution in [2.45, 2.75) is 26.7 Å². The number of aromatic nitrogens is 3. The van der Waals surface area contributed by atoms with Gasteiger partial charge in [-0.1, -0.05) is 12.2 Å². The molecule has 7 heteroatoms. The van der Waals surface area contributed by atoms with Gasteiger partial charge >= 0.3 is 0 Å². The Morgan fingerprint density at radius 1 is 1.65 bits per heavy atom. The molecule has 0 aliphatic rings. The number of H-pyrrole nitrogens is 1. The molecular formula is C10H17N5OS. The fraction of sp³-hybridized carbons (Fsp3) is 0.600. The van der Waals surface area contributed by atoms with E-state index in [9.17, 15) is 4.79 Å². The Morgan fingerprint density at radius 2 is 2.35 bits per heavy atom. The van der Waals surface area contributed by atoms with E-state index in [4.69, 9.17) is 18.0 Å². The molecule has 1 aromatic heterocycles. The summed E-state index contributed by atoms with van der Waals surface area (Å²) in [5, 5.41) is 9.30. The minimum Gasteiger partial charge on any atom is -0.392 e. The average molecular weight is 255 g/mol. The molecule has 1 aromatic rings. The van der Waals surface area contributed by atoms with Crippen LogP contribution in [0.5, 0.6) is 0 Å². The van der Waals surface area contributed by atoms with Gasteiger partial charge in [0.2, 0.25) is 5.91 Å². The van der Waals surface area contributed by atoms with Gasteiger partial charge in [0.05, 0.1) is 10.4 Å². The molecule has 94 valence electrons. The van der Waals surface area contributed by atoms with E-state index in [2.05, 4.69) is 20.5 Å². The molecule has 4 N–H and O–H groups in total. The monoisotopic (exact) mass is 255 g/mol. The molecule has 6 nitrogen and oxygen atoms in total. The second-order valence-corrected chi connectivity index (χ2v) is 4.72. The van der Waals surface area contributed by atoms with Gasteiger partial charge in [-0.15, -0.1) is 0 Å². The van der Waals surface area contributed by atoms with Crippen LogP contribution in [0.2, 0.25) is 0 Å². The Morgan fingerprint density at radius 3 is 2.88 bits per heavy atom. The van der Waals surface area contributed by atoms with Gasteiger partial charge in [-0.05, 0) is 20.3 Å². The number of nitrogens with zero attached hydrogens (tertiary/aromatic N) is 2. The van der Waals surface area contributed by atoms with Gasteiger partial charge in [0, 0.05) is 13.0 Å². The number of aryl methyl sites for hydroxylation is 1. The highest BCUT2D eigenvalue weighted by Crippen LogP contribution is 2.15. The standard InChI is InChI=1S/C10H17N5OS/c1-10(2,8(11)17)9(16)12-5-3-4-7-13-6-14-15-7/h6H,3-5H2,1-2H3,(H2,11,17)(H,12,16)(H,13,14,15). The molecule has 0 spiro atoms. The molecule has 17 heavy (non-hydrogen) atoms. The van der Waals surface area contributed by atoms with Crippen LogP contribution in [0.25, 0.3) is 0 Å². The van der Waals surface area contributed by atoms with Gasteiger partial charge in [0.15, 0.2) is 0 Å². The minimum atomic E-state index is -0.804. The quantitative estimate of drug-likeness (QED) is 0.497. The van der Waals surface area contributed by atoms with E-state index < -0.39 is 5.41 Å². The molecule has 1 rings (SSSR count). The first kappa shape index (κ1) is 13.6. The predicted octanol–water partition coefficient (Wildman–Crippen LogP) is 0.166. The second kappa shape index (κ2) is 5.72. The van der Waals surface area contributed by atoms with Crippen molar-refractivity contribution >= 4 is 23.1 Å². The maximum Gasteiger partial charge on any atom is 0.232 e. The van der Waals surface area contributed by atoms with Crippen molar-refractivity contribution in [1.82, 2.24) is 20.5 Å². The van der Waals surface area contributed by atoms with Gasteiger partial charge in [-0.2, -0.15) is 5.10 Å². The van der Waals surface area contributed by atoms with Crippen LogP contribution in [0.3, 0.4) is 0 Å². The Labute approximate surface area is 105 Å². The number of nitrogens with two attached hydrogens (primary N) is 1. The highest BCUT2D eigenvalue weighted by molar-refractivity contribution is 7.80. The molecule has 0 aromatic carbocycles. The number of thiocarbonyl (C=S) groups is 1. The molecule has 0 radical (unpaired) electrons. The van der Waals surface area contributed by atoms with Crippen molar-refractivity contribution in [2.24, 2.45) is 11.1 Å². The summed E-state index contributed by atoms with van der Waals surface area (Å²) in [6.07, 6.45) is 2.99. The smallest absolute Gasteiger partial charge is 0.232 e. The normalized spacial score (nSPS) is 11.2. The van der Waals surface area contributed by atoms with Gasteiger partial charge in [0.1, 0.15) is 12.2 Å². The van der Waals surface area contributed by atoms with E-state index >= 15 is 0 Å². The lowest BCUT2D eigenvalue weighted by molar-refractivity contribution is -0.126. The van der Waals surface area contributed by atoms with Crippen LogP contribution in [-0.4, -0.2) is 32.6 Å². The molecular weight excluding hydrogens is 238 g/mol. The predicted molar refractivity (Wildman–Crippen MR) is 68.3 cm³/mol. The topological polar surface area (TPSA) is 96.7 Å². The molecule has 1 heterocycles. The summed E-state index contributed by atoms with van der Waals surface area (Å²) >= 11 is 4.85. The molecule has 0 bridgehead atoms. The fourth-order valence-corrected chi connectivity index (χ4v) is 1.23. The zero-order chi connectivity index (χ0) is 12.9. The molecule has 0 atom stereocenters. The van der Waals surface area contributed by atoms with Gasteiger partial charge < -0.3 is 11.1 Å². The molecule has 0 fully saturated rings. The molecule has 0 unspecified atom stereocenters. The maximum absolute atomic E-state index is 11.8. The van der Waals surface area contributed by atoms with Crippen molar-refractivity contribution in [2.75, 3.05) is 6.54 Å². The molecule has 0 saturated heterocycles. The van der Waals surface area contributed by atoms with E-state index in [1.807, 2.05) is 0 Å². The number of carbonyl (C=O) groups excluding carboxylic acids is 1. The van der Waals surface area contributed by atoms with E-state index in [0.29, 0.717) is 6.54 Å². The lowest BCUT2D eigenvalue weighted by Gasteiger charge is -2.21. The summed E-state index contributed by atoms with van der Waals surface area (Å²) < 4.78 is 0. The second-order valence-electron chi connectivity index (χ2n) is 4.28. The minimum absolute atomic E-state index is 0.150. The summed E-state index contributed by atoms with van der Waals surface area (Å²) in [6, 6.07) is 0. The van der Waals surface area contributed by atoms with E-state index in [1.165, 1.54) is 6.33 Å². The van der Waals surface area contributed by atoms with Crippen LogP contribution < -0.4 is 11.1 Å². The lowest BCUT2D eigenvalue weighted by Crippen LogP contribution is -2.45. The molecule has 0 aliphatic heterocycles. The fourth-order valence-electron chi connectivity index (χ4n) is 1.14. The van der Waals surface area contributed by atoms with Crippen LogP contribution in [0, 0.1) is 5.41 Å². The van der Waals surface area contributed by atoms with Crippen molar-refractivity contribution < 1.29 is 4.79 Å². The third-order valence-corrected chi connectivity index (χ3v) is 3.03. The van der Waals surface area contributed by atoms with Crippen LogP contribution in [0.15, 0.2) is 6.33 Å². The average Bonchev–Trinajstić information content (AvgIpc) is 2.76. The number of aromatic amines is 1. The Balaban J connectivity index is 2.27. The Hall–Kier alpha value is -1.50. The van der Waals surface area contributed by atoms with E-state index in [0.717, 1.165) is 18.7 Å². The Bertz CT molecular complexity index is 387. The lowest BCUT2D eigenvalue weighted by atomic mass is 9.92. The van der Waals surface area contributed by atoms with E-state index in [-0.39, 0.29) is 10.9 Å². The molecule has 0 aliphatic carbocycles. The SMILES string of the molecule is CC(C)(C(=O)NCCCc1ncn[nH]1)C(N)=S. The zero-order valence-electron chi connectivity index (χ0n) is 9.99. The maximum atomic E-state index is 11.8. The van der Waals surface area contributed by atoms with Crippen molar-refractivity contribution in [3.8, 4) is 0 Å². The summed E-state index contributed by atoms with van der Waals surface area (Å²) in [5.74, 6) is 0.662.